The second kappa shape index (κ2) is 9.82. The number of fused-ring (bicyclic) bond motifs is 1. The molecule has 168 valence electrons. The average molecular weight is 436 g/mol. The molecule has 0 saturated carbocycles. The molecule has 8 nitrogen and oxygen atoms in total. The van der Waals surface area contributed by atoms with Crippen LogP contribution in [0.5, 0.6) is 0 Å². The van der Waals surface area contributed by atoms with Crippen molar-refractivity contribution in [3.8, 4) is 0 Å². The van der Waals surface area contributed by atoms with Crippen molar-refractivity contribution in [1.82, 2.24) is 25.0 Å². The Hall–Kier alpha value is -3.39. The summed E-state index contributed by atoms with van der Waals surface area (Å²) in [5.41, 5.74) is 3.37. The first-order chi connectivity index (χ1) is 15.6. The van der Waals surface area contributed by atoms with E-state index < -0.39 is 0 Å². The summed E-state index contributed by atoms with van der Waals surface area (Å²) in [6, 6.07) is 16.5. The van der Waals surface area contributed by atoms with Crippen LogP contribution in [0.1, 0.15) is 28.2 Å². The van der Waals surface area contributed by atoms with Crippen LogP contribution in [-0.4, -0.2) is 68.6 Å². The van der Waals surface area contributed by atoms with Gasteiger partial charge >= 0.3 is 0 Å². The third-order valence-electron chi connectivity index (χ3n) is 6.65. The quantitative estimate of drug-likeness (QED) is 0.516. The molecule has 2 saturated heterocycles. The topological polar surface area (TPSA) is 105 Å². The Morgan fingerprint density at radius 2 is 1.97 bits per heavy atom. The van der Waals surface area contributed by atoms with E-state index in [4.69, 9.17) is 9.90 Å². The maximum atomic E-state index is 13.0. The third kappa shape index (κ3) is 4.75. The van der Waals surface area contributed by atoms with Crippen LogP contribution in [0.3, 0.4) is 0 Å². The van der Waals surface area contributed by atoms with Crippen molar-refractivity contribution in [1.29, 1.82) is 0 Å². The van der Waals surface area contributed by atoms with Gasteiger partial charge in [-0.1, -0.05) is 30.3 Å². The lowest BCUT2D eigenvalue weighted by Crippen LogP contribution is -2.37. The molecule has 3 N–H and O–H groups in total. The van der Waals surface area contributed by atoms with Gasteiger partial charge in [-0.3, -0.25) is 19.6 Å². The molecule has 2 aliphatic rings. The van der Waals surface area contributed by atoms with Crippen molar-refractivity contribution in [3.63, 3.8) is 0 Å². The Labute approximate surface area is 187 Å². The lowest BCUT2D eigenvalue weighted by molar-refractivity contribution is -0.122. The first-order valence-electron chi connectivity index (χ1n) is 10.9. The third-order valence-corrected chi connectivity index (χ3v) is 6.65. The number of carboxylic acid groups (broad SMARTS) is 1. The Balaban J connectivity index is 0.000000775. The van der Waals surface area contributed by atoms with Gasteiger partial charge in [0.15, 0.2) is 0 Å². The van der Waals surface area contributed by atoms with E-state index in [-0.39, 0.29) is 17.8 Å². The number of aromatic nitrogens is 3. The molecule has 0 radical (unpaired) electrons. The maximum Gasteiger partial charge on any atom is 0.290 e. The van der Waals surface area contributed by atoms with E-state index in [2.05, 4.69) is 55.3 Å². The van der Waals surface area contributed by atoms with Gasteiger partial charge in [0, 0.05) is 56.2 Å². The highest BCUT2D eigenvalue weighted by Gasteiger charge is 2.52. The molecule has 2 aromatic heterocycles. The average Bonchev–Trinajstić information content (AvgIpc) is 3.58. The van der Waals surface area contributed by atoms with E-state index in [0.29, 0.717) is 11.6 Å². The van der Waals surface area contributed by atoms with E-state index in [9.17, 15) is 4.79 Å². The van der Waals surface area contributed by atoms with Crippen LogP contribution in [0, 0.1) is 11.3 Å². The fourth-order valence-corrected chi connectivity index (χ4v) is 5.21. The zero-order valence-corrected chi connectivity index (χ0v) is 18.0. The molecule has 1 amide bonds. The highest BCUT2D eigenvalue weighted by molar-refractivity contribution is 5.92. The van der Waals surface area contributed by atoms with Crippen LogP contribution in [0.4, 0.5) is 0 Å². The fraction of sp³-hybridized carbons (Fsp3) is 0.375. The number of carbonyl (C=O) groups excluding carboxylic acids is 1. The van der Waals surface area contributed by atoms with Crippen LogP contribution in [0.2, 0.25) is 0 Å². The molecule has 4 heterocycles. The highest BCUT2D eigenvalue weighted by atomic mass is 16.3. The SMILES string of the molecule is O=C(c1ccc[nH]1)N1CC2CN(Cc3ccn[nH]3)CC2(CCc2ccccc2)C1.O=CO. The smallest absolute Gasteiger partial charge is 0.290 e. The van der Waals surface area contributed by atoms with Crippen molar-refractivity contribution in [2.45, 2.75) is 19.4 Å². The number of H-pyrrole nitrogens is 2. The van der Waals surface area contributed by atoms with Gasteiger partial charge in [-0.15, -0.1) is 0 Å². The molecule has 2 fully saturated rings. The van der Waals surface area contributed by atoms with Crippen molar-refractivity contribution in [3.05, 3.63) is 77.9 Å². The summed E-state index contributed by atoms with van der Waals surface area (Å²) in [5, 5.41) is 14.1. The Kier molecular flexibility index (Phi) is 6.70. The molecule has 2 atom stereocenters. The molecular formula is C24H29N5O3. The zero-order valence-electron chi connectivity index (χ0n) is 18.0. The number of rotatable bonds is 6. The first-order valence-corrected chi connectivity index (χ1v) is 10.9. The molecule has 0 aliphatic carbocycles. The largest absolute Gasteiger partial charge is 0.483 e. The fourth-order valence-electron chi connectivity index (χ4n) is 5.21. The number of hydrogen-bond donors (Lipinski definition) is 3. The summed E-state index contributed by atoms with van der Waals surface area (Å²) >= 11 is 0. The summed E-state index contributed by atoms with van der Waals surface area (Å²) in [6.07, 6.45) is 5.80. The number of carbonyl (C=O) groups is 2. The molecular weight excluding hydrogens is 406 g/mol. The number of aromatic amines is 2. The monoisotopic (exact) mass is 435 g/mol. The van der Waals surface area contributed by atoms with Gasteiger partial charge in [-0.2, -0.15) is 5.10 Å². The molecule has 8 heteroatoms. The van der Waals surface area contributed by atoms with Crippen molar-refractivity contribution in [2.24, 2.45) is 11.3 Å². The summed E-state index contributed by atoms with van der Waals surface area (Å²) in [5.74, 6) is 0.636. The molecule has 0 bridgehead atoms. The molecule has 1 aromatic carbocycles. The minimum absolute atomic E-state index is 0.128. The normalized spacial score (nSPS) is 22.2. The molecule has 5 rings (SSSR count). The minimum Gasteiger partial charge on any atom is -0.483 e. The van der Waals surface area contributed by atoms with Crippen molar-refractivity contribution in [2.75, 3.05) is 26.2 Å². The number of nitrogens with one attached hydrogen (secondary N) is 2. The van der Waals surface area contributed by atoms with Crippen molar-refractivity contribution >= 4 is 12.4 Å². The van der Waals surface area contributed by atoms with Gasteiger partial charge < -0.3 is 15.0 Å². The summed E-state index contributed by atoms with van der Waals surface area (Å²) in [7, 11) is 0. The van der Waals surface area contributed by atoms with Gasteiger partial charge in [0.1, 0.15) is 5.69 Å². The lowest BCUT2D eigenvalue weighted by atomic mass is 9.76. The van der Waals surface area contributed by atoms with Gasteiger partial charge in [-0.25, -0.2) is 0 Å². The second-order valence-corrected chi connectivity index (χ2v) is 8.67. The molecule has 0 spiro atoms. The summed E-state index contributed by atoms with van der Waals surface area (Å²) in [4.78, 5) is 29.0. The van der Waals surface area contributed by atoms with E-state index in [0.717, 1.165) is 51.3 Å². The summed E-state index contributed by atoms with van der Waals surface area (Å²) < 4.78 is 0. The Morgan fingerprint density at radius 1 is 1.16 bits per heavy atom. The number of benzene rings is 1. The molecule has 32 heavy (non-hydrogen) atoms. The van der Waals surface area contributed by atoms with Gasteiger partial charge in [0.25, 0.3) is 12.4 Å². The standard InChI is InChI=1S/C23H27N5O.CH2O2/c29-22(21-7-4-11-24-21)28-14-19-13-27(15-20-9-12-25-26-20)16-23(19,17-28)10-8-18-5-2-1-3-6-18;2-1-3/h1-7,9,11-12,19,24H,8,10,13-17H2,(H,25,26);1H,(H,2,3). The number of aryl methyl sites for hydroxylation is 1. The van der Waals surface area contributed by atoms with E-state index in [1.807, 2.05) is 30.6 Å². The highest BCUT2D eigenvalue weighted by Crippen LogP contribution is 2.46. The predicted octanol–water partition coefficient (Wildman–Crippen LogP) is 2.65. The van der Waals surface area contributed by atoms with Crippen LogP contribution in [0.25, 0.3) is 0 Å². The molecule has 2 aliphatic heterocycles. The number of nitrogens with zero attached hydrogens (tertiary/aromatic N) is 3. The van der Waals surface area contributed by atoms with Gasteiger partial charge in [0.2, 0.25) is 0 Å². The zero-order chi connectivity index (χ0) is 22.4. The molecule has 2 unspecified atom stereocenters. The predicted molar refractivity (Wildman–Crippen MR) is 120 cm³/mol. The van der Waals surface area contributed by atoms with Gasteiger partial charge in [-0.05, 0) is 42.5 Å². The van der Waals surface area contributed by atoms with E-state index >= 15 is 0 Å². The first kappa shape index (κ1) is 21.8. The van der Waals surface area contributed by atoms with Crippen LogP contribution in [-0.2, 0) is 17.8 Å². The maximum absolute atomic E-state index is 13.0. The number of amides is 1. The van der Waals surface area contributed by atoms with Crippen LogP contribution in [0.15, 0.2) is 60.9 Å². The lowest BCUT2D eigenvalue weighted by Gasteiger charge is -2.29. The Morgan fingerprint density at radius 3 is 2.66 bits per heavy atom. The van der Waals surface area contributed by atoms with Crippen LogP contribution >= 0.6 is 0 Å². The number of hydrogen-bond acceptors (Lipinski definition) is 4. The number of likely N-dealkylation sites (tertiary alicyclic amines) is 2. The Bertz CT molecular complexity index is 990. The van der Waals surface area contributed by atoms with Crippen molar-refractivity contribution < 1.29 is 14.7 Å². The summed E-state index contributed by atoms with van der Waals surface area (Å²) in [6.45, 7) is 4.38. The van der Waals surface area contributed by atoms with E-state index in [1.54, 1.807) is 0 Å². The van der Waals surface area contributed by atoms with Gasteiger partial charge in [0.05, 0.1) is 0 Å². The minimum atomic E-state index is -0.250. The van der Waals surface area contributed by atoms with E-state index in [1.165, 1.54) is 5.56 Å². The molecule has 3 aromatic rings. The van der Waals surface area contributed by atoms with Crippen LogP contribution < -0.4 is 0 Å². The second-order valence-electron chi connectivity index (χ2n) is 8.67.